The molecule has 128 valence electrons. The normalized spacial score (nSPS) is 11.0. The van der Waals surface area contributed by atoms with E-state index >= 15 is 0 Å². The van der Waals surface area contributed by atoms with E-state index in [1.165, 1.54) is 0 Å². The highest BCUT2D eigenvalue weighted by Crippen LogP contribution is 2.42. The smallest absolute Gasteiger partial charge is 0.0642 e. The van der Waals surface area contributed by atoms with Crippen molar-refractivity contribution in [2.45, 2.75) is 0 Å². The molecule has 0 radical (unpaired) electrons. The van der Waals surface area contributed by atoms with E-state index in [1.54, 1.807) is 18.2 Å². The van der Waals surface area contributed by atoms with E-state index in [2.05, 4.69) is 0 Å². The number of anilines is 3. The number of para-hydroxylation sites is 3. The predicted molar refractivity (Wildman–Crippen MR) is 113 cm³/mol. The van der Waals surface area contributed by atoms with E-state index in [9.17, 15) is 0 Å². The Morgan fingerprint density at radius 2 is 0.800 bits per heavy atom. The first-order chi connectivity index (χ1) is 11.9. The van der Waals surface area contributed by atoms with Crippen LogP contribution >= 0.6 is 42.7 Å². The molecule has 0 aliphatic heterocycles. The molecular weight excluding hydrogens is 396 g/mol. The monoisotopic (exact) mass is 409 g/mol. The summed E-state index contributed by atoms with van der Waals surface area (Å²) in [6.45, 7) is 0. The number of rotatable bonds is 3. The largest absolute Gasteiger partial charge is 0.397 e. The summed E-state index contributed by atoms with van der Waals surface area (Å²) in [6.07, 6.45) is 0. The third-order valence-corrected chi connectivity index (χ3v) is 7.42. The van der Waals surface area contributed by atoms with E-state index in [0.29, 0.717) is 32.1 Å². The van der Waals surface area contributed by atoms with Gasteiger partial charge in [0, 0.05) is 15.9 Å². The Kier molecular flexibility index (Phi) is 5.31. The Bertz CT molecular complexity index is 824. The van der Waals surface area contributed by atoms with Crippen molar-refractivity contribution in [3.63, 3.8) is 0 Å². The minimum Gasteiger partial charge on any atom is -0.397 e. The van der Waals surface area contributed by atoms with Gasteiger partial charge < -0.3 is 17.2 Å². The summed E-state index contributed by atoms with van der Waals surface area (Å²) in [5, 5.41) is 3.99. The first-order valence-corrected chi connectivity index (χ1v) is 9.81. The number of hydrogen-bond acceptors (Lipinski definition) is 3. The number of benzene rings is 3. The molecule has 3 nitrogen and oxygen atoms in total. The average Bonchev–Trinajstić information content (AvgIpc) is 2.59. The van der Waals surface area contributed by atoms with Crippen molar-refractivity contribution in [2.75, 3.05) is 17.2 Å². The Labute approximate surface area is 162 Å². The van der Waals surface area contributed by atoms with Gasteiger partial charge in [-0.3, -0.25) is 0 Å². The number of nitrogen functional groups attached to an aromatic ring is 3. The third kappa shape index (κ3) is 3.38. The van der Waals surface area contributed by atoms with E-state index in [1.807, 2.05) is 36.4 Å². The van der Waals surface area contributed by atoms with Crippen molar-refractivity contribution in [1.82, 2.24) is 0 Å². The average molecular weight is 411 g/mol. The third-order valence-electron chi connectivity index (χ3n) is 3.81. The Balaban J connectivity index is 2.35. The maximum atomic E-state index is 6.27. The predicted octanol–water partition coefficient (Wildman–Crippen LogP) is 4.15. The molecule has 0 spiro atoms. The van der Waals surface area contributed by atoms with Crippen molar-refractivity contribution in [3.05, 3.63) is 69.7 Å². The zero-order valence-electron chi connectivity index (χ0n) is 13.0. The zero-order chi connectivity index (χ0) is 18.1. The summed E-state index contributed by atoms with van der Waals surface area (Å²) >= 11 is 18.7. The van der Waals surface area contributed by atoms with Crippen molar-refractivity contribution in [2.24, 2.45) is 0 Å². The molecule has 3 rings (SSSR count). The van der Waals surface area contributed by atoms with Crippen LogP contribution in [-0.4, -0.2) is 0 Å². The highest BCUT2D eigenvalue weighted by Gasteiger charge is 2.25. The summed E-state index contributed by atoms with van der Waals surface area (Å²) in [6, 6.07) is 16.6. The van der Waals surface area contributed by atoms with E-state index in [0.717, 1.165) is 15.9 Å². The van der Waals surface area contributed by atoms with Gasteiger partial charge in [-0.25, -0.2) is 0 Å². The molecule has 25 heavy (non-hydrogen) atoms. The number of halogens is 3. The quantitative estimate of drug-likeness (QED) is 0.448. The van der Waals surface area contributed by atoms with Crippen LogP contribution in [0.3, 0.4) is 0 Å². The summed E-state index contributed by atoms with van der Waals surface area (Å²) in [7, 11) is -1.19. The van der Waals surface area contributed by atoms with Gasteiger partial charge in [0.15, 0.2) is 0 Å². The highest BCUT2D eigenvalue weighted by atomic mass is 35.5. The van der Waals surface area contributed by atoms with E-state index in [-0.39, 0.29) is 0 Å². The van der Waals surface area contributed by atoms with Crippen LogP contribution < -0.4 is 33.1 Å². The fourth-order valence-electron chi connectivity index (χ4n) is 2.55. The molecule has 3 aromatic carbocycles. The number of hydrogen-bond donors (Lipinski definition) is 3. The van der Waals surface area contributed by atoms with E-state index < -0.39 is 7.92 Å². The summed E-state index contributed by atoms with van der Waals surface area (Å²) in [5.74, 6) is 0. The number of nitrogens with two attached hydrogens (primary N) is 3. The summed E-state index contributed by atoms with van der Waals surface area (Å²) in [5.41, 5.74) is 20.3. The molecule has 0 saturated carbocycles. The van der Waals surface area contributed by atoms with Crippen molar-refractivity contribution >= 4 is 75.7 Å². The molecule has 0 heterocycles. The van der Waals surface area contributed by atoms with Crippen LogP contribution in [0.15, 0.2) is 54.6 Å². The van der Waals surface area contributed by atoms with Crippen LogP contribution in [-0.2, 0) is 0 Å². The molecule has 6 N–H and O–H groups in total. The van der Waals surface area contributed by atoms with Gasteiger partial charge in [-0.15, -0.1) is 0 Å². The molecule has 3 aromatic rings. The van der Waals surface area contributed by atoms with Gasteiger partial charge in [0.1, 0.15) is 0 Å². The molecule has 0 amide bonds. The van der Waals surface area contributed by atoms with Gasteiger partial charge in [-0.1, -0.05) is 71.2 Å². The second-order valence-corrected chi connectivity index (χ2v) is 8.69. The molecule has 0 fully saturated rings. The molecule has 7 heteroatoms. The summed E-state index contributed by atoms with van der Waals surface area (Å²) < 4.78 is 0. The maximum absolute atomic E-state index is 6.27. The Morgan fingerprint density at radius 1 is 0.520 bits per heavy atom. The lowest BCUT2D eigenvalue weighted by Gasteiger charge is -2.24. The van der Waals surface area contributed by atoms with Crippen molar-refractivity contribution < 1.29 is 0 Å². The van der Waals surface area contributed by atoms with Crippen LogP contribution in [0.25, 0.3) is 0 Å². The lowest BCUT2D eigenvalue weighted by molar-refractivity contribution is 1.70. The second kappa shape index (κ2) is 7.31. The minimum atomic E-state index is -1.19. The second-order valence-electron chi connectivity index (χ2n) is 5.35. The molecule has 0 aromatic heterocycles. The molecule has 0 saturated heterocycles. The fourth-order valence-corrected chi connectivity index (χ4v) is 5.84. The molecular formula is C18H15Cl3N3P. The van der Waals surface area contributed by atoms with Gasteiger partial charge in [0.05, 0.1) is 32.1 Å². The Hall–Kier alpha value is -1.64. The lowest BCUT2D eigenvalue weighted by Crippen LogP contribution is -2.26. The molecule has 0 atom stereocenters. The van der Waals surface area contributed by atoms with Crippen LogP contribution in [0, 0.1) is 0 Å². The van der Waals surface area contributed by atoms with Gasteiger partial charge in [0.25, 0.3) is 0 Å². The zero-order valence-corrected chi connectivity index (χ0v) is 16.2. The van der Waals surface area contributed by atoms with Crippen LogP contribution in [0.1, 0.15) is 0 Å². The Morgan fingerprint density at radius 3 is 1.08 bits per heavy atom. The van der Waals surface area contributed by atoms with Crippen molar-refractivity contribution in [3.8, 4) is 0 Å². The first kappa shape index (κ1) is 18.2. The standard InChI is InChI=1S/C18H15Cl3N3P/c19-10-4-1-7-13(16(10)22)25(14-8-2-5-11(20)17(14)23)15-9-3-6-12(21)18(15)24/h1-9H,22-24H2. The van der Waals surface area contributed by atoms with Gasteiger partial charge in [-0.2, -0.15) is 0 Å². The highest BCUT2D eigenvalue weighted by molar-refractivity contribution is 7.80. The molecule has 0 unspecified atom stereocenters. The topological polar surface area (TPSA) is 78.1 Å². The summed E-state index contributed by atoms with van der Waals surface area (Å²) in [4.78, 5) is 0. The minimum absolute atomic E-state index is 0.478. The van der Waals surface area contributed by atoms with Gasteiger partial charge in [-0.05, 0) is 26.1 Å². The fraction of sp³-hybridized carbons (Fsp3) is 0. The van der Waals surface area contributed by atoms with Crippen LogP contribution in [0.2, 0.25) is 15.1 Å². The van der Waals surface area contributed by atoms with Crippen LogP contribution in [0.4, 0.5) is 17.1 Å². The lowest BCUT2D eigenvalue weighted by atomic mass is 10.3. The maximum Gasteiger partial charge on any atom is 0.0642 e. The first-order valence-electron chi connectivity index (χ1n) is 7.34. The van der Waals surface area contributed by atoms with Crippen molar-refractivity contribution in [1.29, 1.82) is 0 Å². The van der Waals surface area contributed by atoms with Gasteiger partial charge in [0.2, 0.25) is 0 Å². The van der Waals surface area contributed by atoms with Crippen LogP contribution in [0.5, 0.6) is 0 Å². The van der Waals surface area contributed by atoms with E-state index in [4.69, 9.17) is 52.0 Å². The molecule has 0 bridgehead atoms. The van der Waals surface area contributed by atoms with Gasteiger partial charge >= 0.3 is 0 Å². The molecule has 0 aliphatic carbocycles. The molecule has 0 aliphatic rings. The SMILES string of the molecule is Nc1c(Cl)cccc1P(c1cccc(Cl)c1N)c1cccc(Cl)c1N.